The normalized spacial score (nSPS) is 11.8. The summed E-state index contributed by atoms with van der Waals surface area (Å²) in [6.07, 6.45) is 0. The molecule has 0 heterocycles. The zero-order valence-corrected chi connectivity index (χ0v) is 7.98. The van der Waals surface area contributed by atoms with E-state index in [0.717, 1.165) is 5.30 Å². The third-order valence-corrected chi connectivity index (χ3v) is 3.27. The van der Waals surface area contributed by atoms with Gasteiger partial charge in [0.1, 0.15) is 0 Å². The first kappa shape index (κ1) is 12.4. The second kappa shape index (κ2) is 6.90. The topological polar surface area (TPSA) is 9.23 Å². The molecule has 0 fully saturated rings. The molecule has 0 spiro atoms. The smallest absolute Gasteiger partial charge is 0.187 e. The van der Waals surface area contributed by atoms with Crippen LogP contribution in [0.5, 0.6) is 0 Å². The van der Waals surface area contributed by atoms with Crippen LogP contribution in [0.3, 0.4) is 0 Å². The van der Waals surface area contributed by atoms with Gasteiger partial charge in [0.25, 0.3) is 0 Å². The lowest BCUT2D eigenvalue weighted by Gasteiger charge is -2.07. The molecule has 66 valence electrons. The third-order valence-electron chi connectivity index (χ3n) is 1.20. The van der Waals surface area contributed by atoms with Gasteiger partial charge in [-0.1, -0.05) is 41.6 Å². The van der Waals surface area contributed by atoms with Crippen LogP contribution in [-0.4, -0.2) is 24.0 Å². The van der Waals surface area contributed by atoms with Gasteiger partial charge in [-0.15, -0.1) is 0 Å². The summed E-state index contributed by atoms with van der Waals surface area (Å²) in [6, 6.07) is 9.86. The molecule has 0 radical (unpaired) electrons. The molecule has 1 rings (SSSR count). The van der Waals surface area contributed by atoms with Gasteiger partial charge in [-0.2, -0.15) is 0 Å². The SMILES string of the molecule is CCOP(Cl)c1ccccc1.[AlH3]. The fraction of sp³-hybridized carbons (Fsp3) is 0.250. The Hall–Kier alpha value is 0.432. The Bertz CT molecular complexity index is 207. The maximum absolute atomic E-state index is 5.95. The Labute approximate surface area is 89.8 Å². The first-order valence-corrected chi connectivity index (χ1v) is 5.65. The van der Waals surface area contributed by atoms with Crippen molar-refractivity contribution in [3.63, 3.8) is 0 Å². The van der Waals surface area contributed by atoms with E-state index in [0.29, 0.717) is 6.61 Å². The molecule has 1 aromatic carbocycles. The van der Waals surface area contributed by atoms with Gasteiger partial charge in [-0.25, -0.2) is 0 Å². The van der Waals surface area contributed by atoms with Gasteiger partial charge in [0, 0.05) is 11.9 Å². The molecule has 0 saturated carbocycles. The van der Waals surface area contributed by atoms with Gasteiger partial charge in [0.05, 0.1) is 0 Å². The van der Waals surface area contributed by atoms with Gasteiger partial charge in [0.2, 0.25) is 0 Å². The van der Waals surface area contributed by atoms with E-state index < -0.39 is 7.50 Å². The van der Waals surface area contributed by atoms with E-state index in [-0.39, 0.29) is 17.4 Å². The Balaban J connectivity index is 0.00000121. The fourth-order valence-electron chi connectivity index (χ4n) is 0.733. The largest absolute Gasteiger partial charge is 0.340 e. The van der Waals surface area contributed by atoms with E-state index in [1.165, 1.54) is 0 Å². The van der Waals surface area contributed by atoms with Crippen molar-refractivity contribution in [2.24, 2.45) is 0 Å². The lowest BCUT2D eigenvalue weighted by Crippen LogP contribution is -1.97. The predicted octanol–water partition coefficient (Wildman–Crippen LogP) is 1.72. The standard InChI is InChI=1S/C8H10ClOP.Al.3H/c1-2-10-11(9)8-6-4-3-5-7-8;;;;/h3-7H,2H2,1H3;;;;. The summed E-state index contributed by atoms with van der Waals surface area (Å²) in [6.45, 7) is 2.62. The van der Waals surface area contributed by atoms with Gasteiger partial charge >= 0.3 is 0 Å². The van der Waals surface area contributed by atoms with E-state index in [1.807, 2.05) is 37.3 Å². The Morgan fingerprint density at radius 1 is 1.33 bits per heavy atom. The lowest BCUT2D eigenvalue weighted by atomic mass is 10.4. The summed E-state index contributed by atoms with van der Waals surface area (Å²) in [5, 5.41) is 1.08. The molecule has 0 aliphatic carbocycles. The highest BCUT2D eigenvalue weighted by Crippen LogP contribution is 2.40. The molecule has 0 bridgehead atoms. The van der Waals surface area contributed by atoms with E-state index in [9.17, 15) is 0 Å². The maximum atomic E-state index is 5.95. The van der Waals surface area contributed by atoms with E-state index in [1.54, 1.807) is 0 Å². The summed E-state index contributed by atoms with van der Waals surface area (Å²) in [5.41, 5.74) is 0. The number of benzene rings is 1. The second-order valence-electron chi connectivity index (χ2n) is 2.00. The van der Waals surface area contributed by atoms with Gasteiger partial charge in [-0.05, 0) is 6.92 Å². The molecular weight excluding hydrogens is 205 g/mol. The molecule has 0 N–H and O–H groups in total. The van der Waals surface area contributed by atoms with Crippen molar-refractivity contribution < 1.29 is 4.52 Å². The summed E-state index contributed by atoms with van der Waals surface area (Å²) < 4.78 is 5.26. The molecule has 1 nitrogen and oxygen atoms in total. The van der Waals surface area contributed by atoms with Crippen molar-refractivity contribution in [1.82, 2.24) is 0 Å². The molecule has 0 aliphatic rings. The van der Waals surface area contributed by atoms with Crippen LogP contribution in [0.2, 0.25) is 0 Å². The van der Waals surface area contributed by atoms with Crippen LogP contribution in [0.15, 0.2) is 30.3 Å². The highest BCUT2D eigenvalue weighted by atomic mass is 35.7. The van der Waals surface area contributed by atoms with Gasteiger partial charge in [-0.3, -0.25) is 0 Å². The molecule has 12 heavy (non-hydrogen) atoms. The van der Waals surface area contributed by atoms with Crippen LogP contribution in [0.4, 0.5) is 0 Å². The van der Waals surface area contributed by atoms with E-state index in [4.69, 9.17) is 15.8 Å². The first-order chi connectivity index (χ1) is 5.34. The number of rotatable bonds is 3. The summed E-state index contributed by atoms with van der Waals surface area (Å²) in [5.74, 6) is 0. The average molecular weight is 219 g/mol. The fourth-order valence-corrected chi connectivity index (χ4v) is 2.15. The minimum absolute atomic E-state index is 0. The van der Waals surface area contributed by atoms with Crippen LogP contribution in [0.1, 0.15) is 6.92 Å². The van der Waals surface area contributed by atoms with Gasteiger partial charge < -0.3 is 4.52 Å². The van der Waals surface area contributed by atoms with Crippen LogP contribution in [-0.2, 0) is 4.52 Å². The second-order valence-corrected chi connectivity index (χ2v) is 4.18. The third kappa shape index (κ3) is 3.90. The van der Waals surface area contributed by atoms with Crippen molar-refractivity contribution in [3.8, 4) is 0 Å². The van der Waals surface area contributed by atoms with Crippen LogP contribution < -0.4 is 5.30 Å². The highest BCUT2D eigenvalue weighted by molar-refractivity contribution is 7.86. The van der Waals surface area contributed by atoms with Crippen molar-refractivity contribution in [3.05, 3.63) is 30.3 Å². The van der Waals surface area contributed by atoms with Gasteiger partial charge in [0.15, 0.2) is 24.9 Å². The van der Waals surface area contributed by atoms with Crippen molar-refractivity contribution in [2.45, 2.75) is 6.92 Å². The van der Waals surface area contributed by atoms with Crippen LogP contribution in [0.25, 0.3) is 0 Å². The first-order valence-electron chi connectivity index (χ1n) is 3.48. The molecule has 1 aromatic rings. The molecule has 1 unspecified atom stereocenters. The minimum Gasteiger partial charge on any atom is -0.340 e. The molecule has 0 aliphatic heterocycles. The quantitative estimate of drug-likeness (QED) is 0.555. The van der Waals surface area contributed by atoms with Crippen LogP contribution >= 0.6 is 18.7 Å². The Morgan fingerprint density at radius 2 is 1.92 bits per heavy atom. The summed E-state index contributed by atoms with van der Waals surface area (Å²) in [7, 11) is -0.904. The number of hydrogen-bond donors (Lipinski definition) is 0. The summed E-state index contributed by atoms with van der Waals surface area (Å²) >= 11 is 5.95. The maximum Gasteiger partial charge on any atom is 0.187 e. The minimum atomic E-state index is -0.904. The Morgan fingerprint density at radius 3 is 2.42 bits per heavy atom. The Kier molecular flexibility index (Phi) is 7.14. The zero-order valence-electron chi connectivity index (χ0n) is 6.33. The highest BCUT2D eigenvalue weighted by Gasteiger charge is 2.05. The number of hydrogen-bond acceptors (Lipinski definition) is 1. The van der Waals surface area contributed by atoms with Crippen molar-refractivity contribution >= 4 is 41.4 Å². The zero-order chi connectivity index (χ0) is 8.10. The molecular formula is C8H13AlClOP. The average Bonchev–Trinajstić information content (AvgIpc) is 2.07. The van der Waals surface area contributed by atoms with Crippen molar-refractivity contribution in [2.75, 3.05) is 6.61 Å². The monoisotopic (exact) mass is 218 g/mol. The molecule has 4 heteroatoms. The number of halogens is 1. The molecule has 0 saturated heterocycles. The molecule has 1 atom stereocenters. The molecule has 0 amide bonds. The van der Waals surface area contributed by atoms with Crippen LogP contribution in [0, 0.1) is 0 Å². The molecule has 0 aromatic heterocycles. The van der Waals surface area contributed by atoms with E-state index >= 15 is 0 Å². The lowest BCUT2D eigenvalue weighted by molar-refractivity contribution is 0.390. The summed E-state index contributed by atoms with van der Waals surface area (Å²) in [4.78, 5) is 0. The van der Waals surface area contributed by atoms with E-state index in [2.05, 4.69) is 0 Å². The van der Waals surface area contributed by atoms with Crippen molar-refractivity contribution in [1.29, 1.82) is 0 Å². The predicted molar refractivity (Wildman–Crippen MR) is 60.4 cm³/mol.